The minimum atomic E-state index is 0.752. The van der Waals surface area contributed by atoms with E-state index < -0.39 is 0 Å². The quantitative estimate of drug-likeness (QED) is 0.464. The number of hydrogen-bond donors (Lipinski definition) is 0. The van der Waals surface area contributed by atoms with Crippen molar-refractivity contribution in [2.45, 2.75) is 6.92 Å². The second-order valence-electron chi connectivity index (χ2n) is 2.33. The fourth-order valence-electron chi connectivity index (χ4n) is 0.924. The van der Waals surface area contributed by atoms with Crippen molar-refractivity contribution in [2.75, 3.05) is 0 Å². The van der Waals surface area contributed by atoms with E-state index in [0.29, 0.717) is 0 Å². The molecule has 0 amide bonds. The summed E-state index contributed by atoms with van der Waals surface area (Å²) >= 11 is 0. The molecule has 0 saturated carbocycles. The zero-order chi connectivity index (χ0) is 8.27. The van der Waals surface area contributed by atoms with Crippen molar-refractivity contribution in [1.29, 1.82) is 0 Å². The Kier molecular flexibility index (Phi) is 2.21. The number of carbonyl (C=O) groups excluding carboxylic acids is 1. The van der Waals surface area contributed by atoms with Gasteiger partial charge in [0.25, 0.3) is 0 Å². The Morgan fingerprint density at radius 3 is 2.82 bits per heavy atom. The first-order chi connectivity index (χ1) is 5.24. The van der Waals surface area contributed by atoms with Gasteiger partial charge in [0.1, 0.15) is 6.29 Å². The molecule has 0 aliphatic carbocycles. The minimum Gasteiger partial charge on any atom is -0.299 e. The highest BCUT2D eigenvalue weighted by atomic mass is 16.1. The van der Waals surface area contributed by atoms with Gasteiger partial charge in [0.2, 0.25) is 0 Å². The summed E-state index contributed by atoms with van der Waals surface area (Å²) in [6.45, 7) is 1.91. The van der Waals surface area contributed by atoms with E-state index >= 15 is 0 Å². The highest BCUT2D eigenvalue weighted by Gasteiger charge is 1.95. The average Bonchev–Trinajstić information content (AvgIpc) is 2.26. The molecule has 0 saturated heterocycles. The van der Waals surface area contributed by atoms with Crippen LogP contribution in [0.25, 0.3) is 6.08 Å². The standard InChI is InChI=1S/C8H10N2O/c1-7-6-8(4-3-5-11)10(2)9-7/h3-6H,1-2H3/b4-3+. The van der Waals surface area contributed by atoms with Crippen molar-refractivity contribution in [3.8, 4) is 0 Å². The largest absolute Gasteiger partial charge is 0.299 e. The molecule has 0 aromatic carbocycles. The second kappa shape index (κ2) is 3.14. The van der Waals surface area contributed by atoms with Gasteiger partial charge in [-0.05, 0) is 25.1 Å². The summed E-state index contributed by atoms with van der Waals surface area (Å²) in [4.78, 5) is 9.98. The number of allylic oxidation sites excluding steroid dienone is 1. The lowest BCUT2D eigenvalue weighted by molar-refractivity contribution is -0.104. The summed E-state index contributed by atoms with van der Waals surface area (Å²) in [7, 11) is 1.84. The van der Waals surface area contributed by atoms with Crippen LogP contribution in [0.2, 0.25) is 0 Å². The lowest BCUT2D eigenvalue weighted by Crippen LogP contribution is -1.92. The van der Waals surface area contributed by atoms with Crippen molar-refractivity contribution in [1.82, 2.24) is 9.78 Å². The molecule has 0 fully saturated rings. The van der Waals surface area contributed by atoms with E-state index in [2.05, 4.69) is 5.10 Å². The van der Waals surface area contributed by atoms with Gasteiger partial charge in [-0.3, -0.25) is 9.48 Å². The van der Waals surface area contributed by atoms with Gasteiger partial charge < -0.3 is 0 Å². The maximum Gasteiger partial charge on any atom is 0.142 e. The van der Waals surface area contributed by atoms with Crippen LogP contribution in [0.1, 0.15) is 11.4 Å². The maximum atomic E-state index is 9.98. The van der Waals surface area contributed by atoms with E-state index in [4.69, 9.17) is 0 Å². The summed E-state index contributed by atoms with van der Waals surface area (Å²) < 4.78 is 1.73. The number of aldehydes is 1. The third kappa shape index (κ3) is 1.77. The average molecular weight is 150 g/mol. The normalized spacial score (nSPS) is 10.7. The third-order valence-corrected chi connectivity index (χ3v) is 1.38. The van der Waals surface area contributed by atoms with Crippen LogP contribution in [0.5, 0.6) is 0 Å². The SMILES string of the molecule is Cc1cc(/C=C/C=O)n(C)n1. The van der Waals surface area contributed by atoms with Crippen molar-refractivity contribution in [3.05, 3.63) is 23.5 Å². The Balaban J connectivity index is 2.93. The maximum absolute atomic E-state index is 9.98. The molecule has 0 N–H and O–H groups in total. The summed E-state index contributed by atoms with van der Waals surface area (Å²) in [5, 5.41) is 4.11. The molecule has 0 bridgehead atoms. The van der Waals surface area contributed by atoms with Crippen molar-refractivity contribution in [2.24, 2.45) is 7.05 Å². The van der Waals surface area contributed by atoms with E-state index in [1.165, 1.54) is 6.08 Å². The number of rotatable bonds is 2. The van der Waals surface area contributed by atoms with Crippen LogP contribution in [0, 0.1) is 6.92 Å². The summed E-state index contributed by atoms with van der Waals surface area (Å²) in [6.07, 6.45) is 3.94. The van der Waals surface area contributed by atoms with Crippen molar-refractivity contribution in [3.63, 3.8) is 0 Å². The van der Waals surface area contributed by atoms with Crippen LogP contribution < -0.4 is 0 Å². The molecule has 0 atom stereocenters. The smallest absolute Gasteiger partial charge is 0.142 e. The van der Waals surface area contributed by atoms with Gasteiger partial charge in [-0.2, -0.15) is 5.10 Å². The molecule has 58 valence electrons. The molecule has 1 aromatic heterocycles. The Morgan fingerprint density at radius 1 is 1.64 bits per heavy atom. The Labute approximate surface area is 65.3 Å². The summed E-state index contributed by atoms with van der Waals surface area (Å²) in [5.41, 5.74) is 1.90. The van der Waals surface area contributed by atoms with E-state index in [1.807, 2.05) is 20.0 Å². The van der Waals surface area contributed by atoms with Gasteiger partial charge in [0.15, 0.2) is 0 Å². The van der Waals surface area contributed by atoms with Gasteiger partial charge in [0.05, 0.1) is 11.4 Å². The van der Waals surface area contributed by atoms with E-state index in [1.54, 1.807) is 10.8 Å². The Bertz CT molecular complexity index is 286. The Hall–Kier alpha value is -1.38. The molecule has 0 aliphatic rings. The van der Waals surface area contributed by atoms with Crippen LogP contribution in [-0.4, -0.2) is 16.1 Å². The zero-order valence-corrected chi connectivity index (χ0v) is 6.61. The van der Waals surface area contributed by atoms with Crippen LogP contribution in [-0.2, 0) is 11.8 Å². The fraction of sp³-hybridized carbons (Fsp3) is 0.250. The molecule has 11 heavy (non-hydrogen) atoms. The van der Waals surface area contributed by atoms with E-state index in [9.17, 15) is 4.79 Å². The molecular weight excluding hydrogens is 140 g/mol. The molecule has 3 nitrogen and oxygen atoms in total. The monoisotopic (exact) mass is 150 g/mol. The molecule has 3 heteroatoms. The van der Waals surface area contributed by atoms with Crippen molar-refractivity contribution >= 4 is 12.4 Å². The molecule has 0 unspecified atom stereocenters. The number of aromatic nitrogens is 2. The van der Waals surface area contributed by atoms with Crippen LogP contribution >= 0.6 is 0 Å². The first-order valence-corrected chi connectivity index (χ1v) is 3.36. The highest BCUT2D eigenvalue weighted by molar-refractivity contribution is 5.73. The minimum absolute atomic E-state index is 0.752. The van der Waals surface area contributed by atoms with E-state index in [0.717, 1.165) is 17.7 Å². The van der Waals surface area contributed by atoms with Crippen molar-refractivity contribution < 1.29 is 4.79 Å². The molecule has 1 aromatic rings. The van der Waals surface area contributed by atoms with Gasteiger partial charge in [-0.25, -0.2) is 0 Å². The molecule has 0 aliphatic heterocycles. The van der Waals surface area contributed by atoms with Gasteiger partial charge in [-0.1, -0.05) is 0 Å². The molecular formula is C8H10N2O. The summed E-state index contributed by atoms with van der Waals surface area (Å²) in [5.74, 6) is 0. The predicted octanol–water partition coefficient (Wildman–Crippen LogP) is 0.941. The number of nitrogens with zero attached hydrogens (tertiary/aromatic N) is 2. The Morgan fingerprint density at radius 2 is 2.36 bits per heavy atom. The fourth-order valence-corrected chi connectivity index (χ4v) is 0.924. The predicted molar refractivity (Wildman–Crippen MR) is 43.0 cm³/mol. The lowest BCUT2D eigenvalue weighted by atomic mass is 10.3. The number of hydrogen-bond acceptors (Lipinski definition) is 2. The van der Waals surface area contributed by atoms with Gasteiger partial charge in [0, 0.05) is 7.05 Å². The van der Waals surface area contributed by atoms with Gasteiger partial charge >= 0.3 is 0 Å². The van der Waals surface area contributed by atoms with Crippen LogP contribution in [0.4, 0.5) is 0 Å². The highest BCUT2D eigenvalue weighted by Crippen LogP contribution is 2.02. The lowest BCUT2D eigenvalue weighted by Gasteiger charge is -1.90. The van der Waals surface area contributed by atoms with Crippen LogP contribution in [0.3, 0.4) is 0 Å². The van der Waals surface area contributed by atoms with E-state index in [-0.39, 0.29) is 0 Å². The summed E-state index contributed by atoms with van der Waals surface area (Å²) in [6, 6.07) is 1.92. The first kappa shape index (κ1) is 7.72. The number of aryl methyl sites for hydroxylation is 2. The number of carbonyl (C=O) groups is 1. The molecule has 1 rings (SSSR count). The first-order valence-electron chi connectivity index (χ1n) is 3.36. The third-order valence-electron chi connectivity index (χ3n) is 1.38. The van der Waals surface area contributed by atoms with Gasteiger partial charge in [-0.15, -0.1) is 0 Å². The molecule has 0 spiro atoms. The zero-order valence-electron chi connectivity index (χ0n) is 6.61. The topological polar surface area (TPSA) is 34.9 Å². The second-order valence-corrected chi connectivity index (χ2v) is 2.33. The molecule has 0 radical (unpaired) electrons. The van der Waals surface area contributed by atoms with Crippen LogP contribution in [0.15, 0.2) is 12.1 Å². The molecule has 1 heterocycles.